The Morgan fingerprint density at radius 3 is 2.00 bits per heavy atom. The molecule has 0 fully saturated rings. The fourth-order valence-electron chi connectivity index (χ4n) is 2.89. The SMILES string of the molecule is CC(C)c1ccccc1.CC1=C([C-]=O)C(=O)/C(=C/c2ccc(C(C)C)c(O)c2)S1.[CH2-]C.[U+2]. The molecule has 3 rings (SSSR count). The molecule has 168 valence electrons. The Morgan fingerprint density at radius 1 is 1.00 bits per heavy atom. The molecule has 1 aliphatic heterocycles. The molecule has 0 bridgehead atoms. The number of carbonyl (C=O) groups excluding carboxylic acids is 2. The topological polar surface area (TPSA) is 54.4 Å². The molecule has 2 aromatic carbocycles. The predicted octanol–water partition coefficient (Wildman–Crippen LogP) is 7.21. The summed E-state index contributed by atoms with van der Waals surface area (Å²) >= 11 is 1.26. The van der Waals surface area contributed by atoms with Gasteiger partial charge >= 0.3 is 31.1 Å². The molecule has 0 spiro atoms. The summed E-state index contributed by atoms with van der Waals surface area (Å²) in [4.78, 5) is 23.8. The first-order valence-corrected chi connectivity index (χ1v) is 11.2. The van der Waals surface area contributed by atoms with Gasteiger partial charge in [-0.3, -0.25) is 0 Å². The van der Waals surface area contributed by atoms with Crippen LogP contribution in [0.1, 0.15) is 70.1 Å². The minimum atomic E-state index is -0.296. The fraction of sp³-hybridized carbons (Fsp3) is 0.296. The Bertz CT molecular complexity index is 945. The van der Waals surface area contributed by atoms with Crippen molar-refractivity contribution in [1.82, 2.24) is 0 Å². The molecular formula is C27H32O3SU. The molecular weight excluding hydrogens is 642 g/mol. The molecule has 1 heterocycles. The average Bonchev–Trinajstić information content (AvgIpc) is 3.02. The number of thioether (sulfide) groups is 1. The van der Waals surface area contributed by atoms with Gasteiger partial charge in [-0.2, -0.15) is 18.7 Å². The first-order valence-electron chi connectivity index (χ1n) is 10.4. The van der Waals surface area contributed by atoms with Crippen LogP contribution < -0.4 is 0 Å². The van der Waals surface area contributed by atoms with Gasteiger partial charge in [0.15, 0.2) is 0 Å². The van der Waals surface area contributed by atoms with Crippen LogP contribution in [0, 0.1) is 38.0 Å². The fourth-order valence-corrected chi connectivity index (χ4v) is 3.84. The summed E-state index contributed by atoms with van der Waals surface area (Å²) in [7, 11) is 0. The number of ketones is 1. The van der Waals surface area contributed by atoms with E-state index in [1.807, 2.05) is 32.0 Å². The van der Waals surface area contributed by atoms with Gasteiger partial charge in [-0.15, -0.1) is 4.91 Å². The van der Waals surface area contributed by atoms with E-state index < -0.39 is 0 Å². The van der Waals surface area contributed by atoms with Gasteiger partial charge in [0.05, 0.1) is 12.1 Å². The molecule has 0 saturated carbocycles. The van der Waals surface area contributed by atoms with Crippen molar-refractivity contribution in [2.24, 2.45) is 0 Å². The number of benzene rings is 2. The van der Waals surface area contributed by atoms with Gasteiger partial charge in [-0.05, 0) is 39.5 Å². The van der Waals surface area contributed by atoms with Crippen LogP contribution in [0.3, 0.4) is 0 Å². The number of Topliss-reactive ketones (excluding diaryl/α,β-unsaturated/α-hetero) is 1. The number of hydrogen-bond donors (Lipinski definition) is 1. The van der Waals surface area contributed by atoms with E-state index in [1.165, 1.54) is 17.3 Å². The first-order chi connectivity index (χ1) is 14.7. The van der Waals surface area contributed by atoms with Crippen LogP contribution in [-0.4, -0.2) is 17.2 Å². The molecule has 32 heavy (non-hydrogen) atoms. The van der Waals surface area contributed by atoms with Gasteiger partial charge in [0.1, 0.15) is 5.75 Å². The van der Waals surface area contributed by atoms with Crippen molar-refractivity contribution >= 4 is 29.9 Å². The minimum absolute atomic E-state index is 0. The van der Waals surface area contributed by atoms with Crippen molar-refractivity contribution in [2.45, 2.75) is 53.4 Å². The van der Waals surface area contributed by atoms with E-state index >= 15 is 0 Å². The summed E-state index contributed by atoms with van der Waals surface area (Å²) in [6.07, 6.45) is 3.37. The number of aromatic hydroxyl groups is 1. The zero-order valence-electron chi connectivity index (χ0n) is 19.7. The second-order valence-electron chi connectivity index (χ2n) is 7.51. The Labute approximate surface area is 221 Å². The molecule has 0 aromatic heterocycles. The normalized spacial score (nSPS) is 13.9. The van der Waals surface area contributed by atoms with E-state index in [9.17, 15) is 14.7 Å². The summed E-state index contributed by atoms with van der Waals surface area (Å²) in [6, 6.07) is 15.9. The zero-order valence-corrected chi connectivity index (χ0v) is 24.7. The minimum Gasteiger partial charge on any atom is -0.508 e. The van der Waals surface area contributed by atoms with Crippen molar-refractivity contribution in [3.8, 4) is 5.75 Å². The van der Waals surface area contributed by atoms with Gasteiger partial charge < -0.3 is 21.6 Å². The molecule has 0 saturated heterocycles. The largest absolute Gasteiger partial charge is 2.00 e. The van der Waals surface area contributed by atoms with E-state index in [0.717, 1.165) is 11.1 Å². The van der Waals surface area contributed by atoms with Crippen molar-refractivity contribution in [2.75, 3.05) is 0 Å². The van der Waals surface area contributed by atoms with Crippen LogP contribution in [0.4, 0.5) is 0 Å². The van der Waals surface area contributed by atoms with Crippen LogP contribution in [0.15, 0.2) is 63.9 Å². The maximum Gasteiger partial charge on any atom is 2.00 e. The molecule has 0 amide bonds. The number of carbonyl (C=O) groups is 1. The third-order valence-electron chi connectivity index (χ3n) is 4.61. The second-order valence-corrected chi connectivity index (χ2v) is 8.77. The van der Waals surface area contributed by atoms with Crippen molar-refractivity contribution in [1.29, 1.82) is 0 Å². The van der Waals surface area contributed by atoms with Crippen molar-refractivity contribution in [3.63, 3.8) is 0 Å². The summed E-state index contributed by atoms with van der Waals surface area (Å²) in [5, 5.41) is 9.96. The number of phenols is 1. The van der Waals surface area contributed by atoms with E-state index in [4.69, 9.17) is 0 Å². The summed E-state index contributed by atoms with van der Waals surface area (Å²) in [5.41, 5.74) is 3.12. The molecule has 0 radical (unpaired) electrons. The maximum absolute atomic E-state index is 11.9. The number of allylic oxidation sites excluding steroid dienone is 3. The molecule has 2 aromatic rings. The maximum atomic E-state index is 11.9. The zero-order chi connectivity index (χ0) is 23.6. The van der Waals surface area contributed by atoms with E-state index in [1.54, 1.807) is 32.3 Å². The van der Waals surface area contributed by atoms with Crippen molar-refractivity contribution < 1.29 is 45.8 Å². The molecule has 0 atom stereocenters. The van der Waals surface area contributed by atoms with Gasteiger partial charge in [-0.25, -0.2) is 0 Å². The van der Waals surface area contributed by atoms with Crippen LogP contribution in [0.2, 0.25) is 0 Å². The predicted molar refractivity (Wildman–Crippen MR) is 133 cm³/mol. The average molecular weight is 675 g/mol. The van der Waals surface area contributed by atoms with E-state index in [0.29, 0.717) is 15.7 Å². The number of phenolic OH excluding ortho intramolecular Hbond substituents is 1. The molecule has 0 unspecified atom stereocenters. The van der Waals surface area contributed by atoms with Crippen LogP contribution in [-0.2, 0) is 9.59 Å². The third-order valence-corrected chi connectivity index (χ3v) is 5.64. The quantitative estimate of drug-likeness (QED) is 0.212. The van der Waals surface area contributed by atoms with Crippen molar-refractivity contribution in [3.05, 3.63) is 87.5 Å². The first kappa shape index (κ1) is 30.5. The smallest absolute Gasteiger partial charge is 0.508 e. The molecule has 1 N–H and O–H groups in total. The second kappa shape index (κ2) is 15.3. The van der Waals surface area contributed by atoms with Gasteiger partial charge in [-0.1, -0.05) is 88.7 Å². The molecule has 5 heteroatoms. The Kier molecular flexibility index (Phi) is 14.6. The van der Waals surface area contributed by atoms with Crippen LogP contribution in [0.25, 0.3) is 6.08 Å². The Hall–Kier alpha value is -1.54. The van der Waals surface area contributed by atoms with Crippen LogP contribution >= 0.6 is 11.8 Å². The monoisotopic (exact) mass is 674 g/mol. The van der Waals surface area contributed by atoms with Gasteiger partial charge in [0, 0.05) is 0 Å². The number of hydrogen-bond acceptors (Lipinski definition) is 4. The summed E-state index contributed by atoms with van der Waals surface area (Å²) in [5.74, 6) is 0.817. The van der Waals surface area contributed by atoms with E-state index in [2.05, 4.69) is 45.0 Å². The standard InChI is InChI=1S/C16H15O3S.C9H12.C2H5.U/c1-9(2)12-5-4-11(6-14(12)18)7-15-16(19)13(8-17)10(3)20-15;1-8(2)9-6-4-3-5-7-9;1-2;/h4-7,9,18H,1-3H3;3-8H,1-2H3;1H2,2H3;/q-1;;-1;+2/b15-7-;;;. The Morgan fingerprint density at radius 2 is 1.59 bits per heavy atom. The summed E-state index contributed by atoms with van der Waals surface area (Å²) in [6.45, 7) is 15.1. The van der Waals surface area contributed by atoms with Gasteiger partial charge in [0.2, 0.25) is 0 Å². The molecule has 3 nitrogen and oxygen atoms in total. The molecule has 1 aliphatic rings. The van der Waals surface area contributed by atoms with Crippen LogP contribution in [0.5, 0.6) is 5.75 Å². The number of rotatable bonds is 4. The Balaban J connectivity index is 0.000000674. The summed E-state index contributed by atoms with van der Waals surface area (Å²) < 4.78 is 0. The molecule has 0 aliphatic carbocycles. The third kappa shape index (κ3) is 8.77. The van der Waals surface area contributed by atoms with Gasteiger partial charge in [0.25, 0.3) is 0 Å². The van der Waals surface area contributed by atoms with E-state index in [-0.39, 0.29) is 54.1 Å².